The number of hydrogen-bond acceptors (Lipinski definition) is 5. The van der Waals surface area contributed by atoms with Crippen LogP contribution in [0.5, 0.6) is 5.75 Å². The zero-order valence-electron chi connectivity index (χ0n) is 15.1. The molecule has 0 bridgehead atoms. The van der Waals surface area contributed by atoms with Crippen molar-refractivity contribution in [2.75, 3.05) is 10.8 Å². The molecule has 2 fully saturated rings. The molecule has 4 rings (SSSR count). The Morgan fingerprint density at radius 2 is 1.89 bits per heavy atom. The minimum Gasteiger partial charge on any atom is -0.506 e. The Labute approximate surface area is 162 Å². The number of nitrogens with zero attached hydrogens (tertiary/aromatic N) is 3. The predicted molar refractivity (Wildman–Crippen MR) is 100 cm³/mol. The molecule has 1 aliphatic carbocycles. The number of amides is 1. The summed E-state index contributed by atoms with van der Waals surface area (Å²) in [4.78, 5) is 11.5. The van der Waals surface area contributed by atoms with Crippen molar-refractivity contribution >= 4 is 21.8 Å². The van der Waals surface area contributed by atoms with E-state index in [-0.39, 0.29) is 11.6 Å². The predicted octanol–water partition coefficient (Wildman–Crippen LogP) is 2.47. The fraction of sp³-hybridized carbons (Fsp3) is 0.444. The molecule has 0 unspecified atom stereocenters. The quantitative estimate of drug-likeness (QED) is 0.759. The molecule has 1 saturated carbocycles. The number of anilines is 1. The zero-order valence-corrected chi connectivity index (χ0v) is 16.0. The SMILES string of the molecule is O=C1CN(c2c(O)ccc(-c3cnn(C4CCCCCC4)c3)c2F)S(=O)(=O)N1. The Balaban J connectivity index is 1.71. The maximum Gasteiger partial charge on any atom is 0.326 e. The highest BCUT2D eigenvalue weighted by Crippen LogP contribution is 2.39. The number of rotatable bonds is 3. The Bertz CT molecular complexity index is 1010. The van der Waals surface area contributed by atoms with Gasteiger partial charge in [0, 0.05) is 17.3 Å². The van der Waals surface area contributed by atoms with E-state index >= 15 is 4.39 Å². The summed E-state index contributed by atoms with van der Waals surface area (Å²) in [6.07, 6.45) is 9.99. The van der Waals surface area contributed by atoms with Crippen LogP contribution in [0.3, 0.4) is 0 Å². The number of benzene rings is 1. The van der Waals surface area contributed by atoms with Crippen molar-refractivity contribution in [1.29, 1.82) is 0 Å². The Kier molecular flexibility index (Phi) is 4.74. The molecule has 0 spiro atoms. The molecule has 1 saturated heterocycles. The summed E-state index contributed by atoms with van der Waals surface area (Å²) < 4.78 is 43.5. The summed E-state index contributed by atoms with van der Waals surface area (Å²) in [5.74, 6) is -2.26. The topological polar surface area (TPSA) is 105 Å². The fourth-order valence-electron chi connectivity index (χ4n) is 3.86. The molecule has 1 aliphatic heterocycles. The van der Waals surface area contributed by atoms with Crippen molar-refractivity contribution in [3.63, 3.8) is 0 Å². The van der Waals surface area contributed by atoms with E-state index in [4.69, 9.17) is 0 Å². The Hall–Kier alpha value is -2.62. The number of halogens is 1. The number of nitrogens with one attached hydrogen (secondary N) is 1. The first kappa shape index (κ1) is 18.7. The highest BCUT2D eigenvalue weighted by Gasteiger charge is 2.38. The highest BCUT2D eigenvalue weighted by molar-refractivity contribution is 7.92. The van der Waals surface area contributed by atoms with Gasteiger partial charge in [-0.3, -0.25) is 9.48 Å². The van der Waals surface area contributed by atoms with E-state index in [1.54, 1.807) is 10.9 Å². The Morgan fingerprint density at radius 1 is 1.18 bits per heavy atom. The number of phenolic OH excluding ortho intramolecular Hbond substituents is 1. The molecule has 2 aliphatic rings. The van der Waals surface area contributed by atoms with E-state index in [9.17, 15) is 18.3 Å². The molecule has 0 radical (unpaired) electrons. The van der Waals surface area contributed by atoms with Crippen LogP contribution in [0.4, 0.5) is 10.1 Å². The number of carbonyl (C=O) groups excluding carboxylic acids is 1. The van der Waals surface area contributed by atoms with Gasteiger partial charge in [0.1, 0.15) is 18.0 Å². The van der Waals surface area contributed by atoms with E-state index in [1.165, 1.54) is 31.2 Å². The van der Waals surface area contributed by atoms with Gasteiger partial charge in [-0.2, -0.15) is 13.5 Å². The molecule has 2 aromatic rings. The molecule has 2 N–H and O–H groups in total. The molecule has 10 heteroatoms. The molecule has 1 aromatic heterocycles. The largest absolute Gasteiger partial charge is 0.506 e. The summed E-state index contributed by atoms with van der Waals surface area (Å²) in [5, 5.41) is 14.5. The van der Waals surface area contributed by atoms with E-state index < -0.39 is 39.9 Å². The van der Waals surface area contributed by atoms with Crippen LogP contribution >= 0.6 is 0 Å². The van der Waals surface area contributed by atoms with Gasteiger partial charge in [-0.05, 0) is 25.0 Å². The third kappa shape index (κ3) is 3.32. The first-order valence-electron chi connectivity index (χ1n) is 9.26. The second-order valence-corrected chi connectivity index (χ2v) is 8.78. The van der Waals surface area contributed by atoms with E-state index in [0.717, 1.165) is 25.7 Å². The first-order chi connectivity index (χ1) is 13.4. The van der Waals surface area contributed by atoms with Gasteiger partial charge < -0.3 is 5.11 Å². The van der Waals surface area contributed by atoms with Crippen molar-refractivity contribution in [2.45, 2.75) is 44.6 Å². The van der Waals surface area contributed by atoms with E-state index in [2.05, 4.69) is 5.10 Å². The molecular formula is C18H21FN4O4S. The van der Waals surface area contributed by atoms with Gasteiger partial charge in [0.2, 0.25) is 0 Å². The van der Waals surface area contributed by atoms with Gasteiger partial charge >= 0.3 is 10.2 Å². The summed E-state index contributed by atoms with van der Waals surface area (Å²) in [5.41, 5.74) is 0.0548. The van der Waals surface area contributed by atoms with Crippen molar-refractivity contribution in [3.05, 3.63) is 30.3 Å². The minimum atomic E-state index is -4.24. The first-order valence-corrected chi connectivity index (χ1v) is 10.7. The molecule has 150 valence electrons. The third-order valence-electron chi connectivity index (χ3n) is 5.28. The standard InChI is InChI=1S/C18H21FN4O4S/c19-17-14(12-9-20-22(10-12)13-5-3-1-2-4-6-13)7-8-15(24)18(17)23-11-16(25)21-28(23,26)27/h7-10,13,24H,1-6,11H2,(H,21,25). The fourth-order valence-corrected chi connectivity index (χ4v) is 5.02. The van der Waals surface area contributed by atoms with Gasteiger partial charge in [-0.15, -0.1) is 0 Å². The molecule has 2 heterocycles. The van der Waals surface area contributed by atoms with E-state index in [0.29, 0.717) is 9.87 Å². The van der Waals surface area contributed by atoms with Crippen LogP contribution in [0.1, 0.15) is 44.6 Å². The number of phenols is 1. The highest BCUT2D eigenvalue weighted by atomic mass is 32.2. The second kappa shape index (κ2) is 7.08. The maximum absolute atomic E-state index is 15.2. The smallest absolute Gasteiger partial charge is 0.326 e. The van der Waals surface area contributed by atoms with Gasteiger partial charge in [0.05, 0.1) is 12.2 Å². The van der Waals surface area contributed by atoms with Gasteiger partial charge in [-0.1, -0.05) is 25.7 Å². The second-order valence-electron chi connectivity index (χ2n) is 7.19. The molecule has 1 amide bonds. The maximum atomic E-state index is 15.2. The number of carbonyl (C=O) groups is 1. The average Bonchev–Trinajstić information content (AvgIpc) is 3.09. The summed E-state index contributed by atoms with van der Waals surface area (Å²) in [6.45, 7) is -0.586. The minimum absolute atomic E-state index is 0.113. The summed E-state index contributed by atoms with van der Waals surface area (Å²) in [7, 11) is -4.24. The van der Waals surface area contributed by atoms with Crippen LogP contribution in [-0.2, 0) is 15.0 Å². The van der Waals surface area contributed by atoms with Crippen molar-refractivity contribution in [3.8, 4) is 16.9 Å². The zero-order chi connectivity index (χ0) is 19.9. The van der Waals surface area contributed by atoms with Crippen LogP contribution < -0.4 is 9.03 Å². The van der Waals surface area contributed by atoms with Crippen LogP contribution in [0.15, 0.2) is 24.5 Å². The average molecular weight is 408 g/mol. The Morgan fingerprint density at radius 3 is 2.54 bits per heavy atom. The number of aromatic hydroxyl groups is 1. The lowest BCUT2D eigenvalue weighted by Crippen LogP contribution is -2.30. The molecule has 1 aromatic carbocycles. The lowest BCUT2D eigenvalue weighted by atomic mass is 10.1. The van der Waals surface area contributed by atoms with Crippen LogP contribution in [-0.4, -0.2) is 35.8 Å². The van der Waals surface area contributed by atoms with Gasteiger partial charge in [0.15, 0.2) is 5.82 Å². The van der Waals surface area contributed by atoms with Crippen molar-refractivity contribution < 1.29 is 22.7 Å². The van der Waals surface area contributed by atoms with Crippen LogP contribution in [0, 0.1) is 5.82 Å². The van der Waals surface area contributed by atoms with Crippen molar-refractivity contribution in [1.82, 2.24) is 14.5 Å². The van der Waals surface area contributed by atoms with Crippen LogP contribution in [0.25, 0.3) is 11.1 Å². The number of hydrogen-bond donors (Lipinski definition) is 2. The monoisotopic (exact) mass is 408 g/mol. The number of aromatic nitrogens is 2. The lowest BCUT2D eigenvalue weighted by molar-refractivity contribution is -0.117. The third-order valence-corrected chi connectivity index (χ3v) is 6.65. The normalized spacial score (nSPS) is 20.2. The van der Waals surface area contributed by atoms with Crippen LogP contribution in [0.2, 0.25) is 0 Å². The summed E-state index contributed by atoms with van der Waals surface area (Å²) >= 11 is 0. The summed E-state index contributed by atoms with van der Waals surface area (Å²) in [6, 6.07) is 2.85. The van der Waals surface area contributed by atoms with E-state index in [1.807, 2.05) is 4.68 Å². The van der Waals surface area contributed by atoms with Gasteiger partial charge in [-0.25, -0.2) is 13.4 Å². The van der Waals surface area contributed by atoms with Crippen molar-refractivity contribution in [2.24, 2.45) is 0 Å². The molecular weight excluding hydrogens is 387 g/mol. The molecule has 8 nitrogen and oxygen atoms in total. The molecule has 0 atom stereocenters. The van der Waals surface area contributed by atoms with Gasteiger partial charge in [0.25, 0.3) is 5.91 Å². The molecule has 28 heavy (non-hydrogen) atoms. The lowest BCUT2D eigenvalue weighted by Gasteiger charge is -2.18.